The average Bonchev–Trinajstić information content (AvgIpc) is 2.10. The Hall–Kier alpha value is -0.0400. The quantitative estimate of drug-likeness (QED) is 0.644. The third-order valence-corrected chi connectivity index (χ3v) is 2.78. The van der Waals surface area contributed by atoms with Crippen LogP contribution in [-0.4, -0.2) is 11.2 Å². The lowest BCUT2D eigenvalue weighted by molar-refractivity contribution is 0.108. The van der Waals surface area contributed by atoms with E-state index in [-0.39, 0.29) is 6.10 Å². The van der Waals surface area contributed by atoms with Crippen LogP contribution in [0.2, 0.25) is 0 Å². The second-order valence-electron chi connectivity index (χ2n) is 4.64. The number of aliphatic hydroxyl groups excluding tert-OH is 1. The summed E-state index contributed by atoms with van der Waals surface area (Å²) in [7, 11) is 0. The topological polar surface area (TPSA) is 20.2 Å². The van der Waals surface area contributed by atoms with Crippen LogP contribution in [-0.2, 0) is 0 Å². The largest absolute Gasteiger partial charge is 0.393 e. The average molecular weight is 186 g/mol. The third kappa shape index (κ3) is 7.06. The van der Waals surface area contributed by atoms with Crippen molar-refractivity contribution >= 4 is 0 Å². The van der Waals surface area contributed by atoms with E-state index in [0.717, 1.165) is 12.3 Å². The molecule has 0 aliphatic heterocycles. The van der Waals surface area contributed by atoms with E-state index in [1.165, 1.54) is 25.7 Å². The molecule has 0 aromatic heterocycles. The highest BCUT2D eigenvalue weighted by Gasteiger charge is 2.10. The molecular weight excluding hydrogens is 160 g/mol. The Bertz CT molecular complexity index is 110. The van der Waals surface area contributed by atoms with Crippen LogP contribution in [0.15, 0.2) is 0 Å². The Balaban J connectivity index is 3.40. The normalized spacial score (nSPS) is 16.2. The van der Waals surface area contributed by atoms with Gasteiger partial charge >= 0.3 is 0 Å². The van der Waals surface area contributed by atoms with Crippen molar-refractivity contribution in [3.63, 3.8) is 0 Å². The van der Waals surface area contributed by atoms with Gasteiger partial charge in [0.05, 0.1) is 6.10 Å². The van der Waals surface area contributed by atoms with Gasteiger partial charge in [-0.3, -0.25) is 0 Å². The van der Waals surface area contributed by atoms with Crippen LogP contribution in [0, 0.1) is 11.8 Å². The van der Waals surface area contributed by atoms with E-state index >= 15 is 0 Å². The third-order valence-electron chi connectivity index (χ3n) is 2.78. The second-order valence-corrected chi connectivity index (χ2v) is 4.64. The molecule has 80 valence electrons. The molecule has 0 saturated carbocycles. The second kappa shape index (κ2) is 7.37. The predicted molar refractivity (Wildman–Crippen MR) is 58.8 cm³/mol. The van der Waals surface area contributed by atoms with Crippen LogP contribution in [0.25, 0.3) is 0 Å². The summed E-state index contributed by atoms with van der Waals surface area (Å²) < 4.78 is 0. The summed E-state index contributed by atoms with van der Waals surface area (Å²) in [5.41, 5.74) is 0. The first-order valence-corrected chi connectivity index (χ1v) is 5.76. The van der Waals surface area contributed by atoms with Crippen LogP contribution < -0.4 is 0 Å². The molecule has 2 atom stereocenters. The van der Waals surface area contributed by atoms with Gasteiger partial charge in [-0.15, -0.1) is 0 Å². The van der Waals surface area contributed by atoms with Gasteiger partial charge in [-0.05, 0) is 24.7 Å². The van der Waals surface area contributed by atoms with E-state index < -0.39 is 0 Å². The maximum Gasteiger partial charge on any atom is 0.0563 e. The molecule has 0 aliphatic rings. The summed E-state index contributed by atoms with van der Waals surface area (Å²) in [4.78, 5) is 0. The number of hydrogen-bond donors (Lipinski definition) is 1. The Morgan fingerprint density at radius 2 is 1.62 bits per heavy atom. The molecule has 0 aliphatic carbocycles. The summed E-state index contributed by atoms with van der Waals surface area (Å²) in [6.07, 6.45) is 6.00. The summed E-state index contributed by atoms with van der Waals surface area (Å²) in [5.74, 6) is 1.20. The minimum Gasteiger partial charge on any atom is -0.393 e. The van der Waals surface area contributed by atoms with Gasteiger partial charge in [0.25, 0.3) is 0 Å². The highest BCUT2D eigenvalue weighted by atomic mass is 16.3. The van der Waals surface area contributed by atoms with Crippen LogP contribution in [0.4, 0.5) is 0 Å². The molecule has 1 nitrogen and oxygen atoms in total. The monoisotopic (exact) mass is 186 g/mol. The molecule has 0 saturated heterocycles. The minimum atomic E-state index is -0.0934. The van der Waals surface area contributed by atoms with Gasteiger partial charge in [0.1, 0.15) is 0 Å². The first-order chi connectivity index (χ1) is 6.07. The Morgan fingerprint density at radius 3 is 2.08 bits per heavy atom. The van der Waals surface area contributed by atoms with Crippen molar-refractivity contribution < 1.29 is 5.11 Å². The van der Waals surface area contributed by atoms with Gasteiger partial charge in [-0.1, -0.05) is 47.0 Å². The van der Waals surface area contributed by atoms with E-state index in [1.807, 2.05) is 0 Å². The molecule has 0 spiro atoms. The number of unbranched alkanes of at least 4 members (excludes halogenated alkanes) is 1. The van der Waals surface area contributed by atoms with Crippen molar-refractivity contribution in [2.75, 3.05) is 0 Å². The van der Waals surface area contributed by atoms with Gasteiger partial charge in [-0.25, -0.2) is 0 Å². The first kappa shape index (κ1) is 13.0. The molecule has 0 amide bonds. The van der Waals surface area contributed by atoms with Crippen LogP contribution >= 0.6 is 0 Å². The zero-order valence-electron chi connectivity index (χ0n) is 9.71. The van der Waals surface area contributed by atoms with Gasteiger partial charge in [-0.2, -0.15) is 0 Å². The van der Waals surface area contributed by atoms with Crippen molar-refractivity contribution in [2.45, 2.75) is 65.9 Å². The number of aliphatic hydroxyl groups is 1. The maximum absolute atomic E-state index is 9.60. The van der Waals surface area contributed by atoms with Crippen molar-refractivity contribution in [3.8, 4) is 0 Å². The fraction of sp³-hybridized carbons (Fsp3) is 1.00. The minimum absolute atomic E-state index is 0.0934. The zero-order valence-corrected chi connectivity index (χ0v) is 9.71. The summed E-state index contributed by atoms with van der Waals surface area (Å²) in [6, 6.07) is 0. The molecule has 0 rings (SSSR count). The SMILES string of the molecule is CCCC[C@H](C)CC[C@H](O)C(C)C. The fourth-order valence-electron chi connectivity index (χ4n) is 1.49. The molecule has 1 heteroatoms. The zero-order chi connectivity index (χ0) is 10.3. The van der Waals surface area contributed by atoms with Crippen molar-refractivity contribution in [1.29, 1.82) is 0 Å². The molecule has 0 aromatic carbocycles. The van der Waals surface area contributed by atoms with Gasteiger partial charge in [0, 0.05) is 0 Å². The van der Waals surface area contributed by atoms with Crippen molar-refractivity contribution in [3.05, 3.63) is 0 Å². The fourth-order valence-corrected chi connectivity index (χ4v) is 1.49. The summed E-state index contributed by atoms with van der Waals surface area (Å²) >= 11 is 0. The standard InChI is InChI=1S/C12H26O/c1-5-6-7-11(4)8-9-12(13)10(2)3/h10-13H,5-9H2,1-4H3/t11-,12-/m0/s1. The lowest BCUT2D eigenvalue weighted by atomic mass is 9.94. The molecule has 0 unspecified atom stereocenters. The summed E-state index contributed by atoms with van der Waals surface area (Å²) in [6.45, 7) is 8.70. The van der Waals surface area contributed by atoms with Gasteiger partial charge < -0.3 is 5.11 Å². The molecule has 1 N–H and O–H groups in total. The van der Waals surface area contributed by atoms with Crippen LogP contribution in [0.1, 0.15) is 59.8 Å². The van der Waals surface area contributed by atoms with Crippen molar-refractivity contribution in [1.82, 2.24) is 0 Å². The van der Waals surface area contributed by atoms with Gasteiger partial charge in [0.15, 0.2) is 0 Å². The lowest BCUT2D eigenvalue weighted by Gasteiger charge is -2.17. The molecule has 0 aromatic rings. The number of hydrogen-bond acceptors (Lipinski definition) is 1. The number of rotatable bonds is 7. The maximum atomic E-state index is 9.60. The molecule has 0 heterocycles. The van der Waals surface area contributed by atoms with E-state index in [0.29, 0.717) is 5.92 Å². The van der Waals surface area contributed by atoms with Crippen LogP contribution in [0.3, 0.4) is 0 Å². The Morgan fingerprint density at radius 1 is 1.00 bits per heavy atom. The van der Waals surface area contributed by atoms with Crippen LogP contribution in [0.5, 0.6) is 0 Å². The van der Waals surface area contributed by atoms with Crippen molar-refractivity contribution in [2.24, 2.45) is 11.8 Å². The van der Waals surface area contributed by atoms with Gasteiger partial charge in [0.2, 0.25) is 0 Å². The molecular formula is C12H26O. The molecule has 13 heavy (non-hydrogen) atoms. The van der Waals surface area contributed by atoms with E-state index in [4.69, 9.17) is 0 Å². The summed E-state index contributed by atoms with van der Waals surface area (Å²) in [5, 5.41) is 9.60. The molecule has 0 bridgehead atoms. The molecule has 0 radical (unpaired) electrons. The highest BCUT2D eigenvalue weighted by molar-refractivity contribution is 4.62. The predicted octanol–water partition coefficient (Wildman–Crippen LogP) is 3.61. The lowest BCUT2D eigenvalue weighted by Crippen LogP contribution is -2.15. The smallest absolute Gasteiger partial charge is 0.0563 e. The van der Waals surface area contributed by atoms with E-state index in [2.05, 4.69) is 27.7 Å². The Kier molecular flexibility index (Phi) is 7.35. The van der Waals surface area contributed by atoms with E-state index in [1.54, 1.807) is 0 Å². The Labute approximate surface area is 83.5 Å². The first-order valence-electron chi connectivity index (χ1n) is 5.76. The van der Waals surface area contributed by atoms with E-state index in [9.17, 15) is 5.11 Å². The highest BCUT2D eigenvalue weighted by Crippen LogP contribution is 2.17. The molecule has 0 fully saturated rings.